The van der Waals surface area contributed by atoms with Gasteiger partial charge in [0.15, 0.2) is 0 Å². The Morgan fingerprint density at radius 3 is 2.53 bits per heavy atom. The maximum atomic E-state index is 3.53. The molecule has 0 saturated carbocycles. The molecule has 1 aromatic rings. The Labute approximate surface area is 122 Å². The molecular formula is C16H26N2S. The Kier molecular flexibility index (Phi) is 6.58. The highest BCUT2D eigenvalue weighted by Crippen LogP contribution is 2.20. The molecule has 0 atom stereocenters. The van der Waals surface area contributed by atoms with Crippen LogP contribution in [0, 0.1) is 0 Å². The predicted molar refractivity (Wildman–Crippen MR) is 87.2 cm³/mol. The number of hydrogen-bond acceptors (Lipinski definition) is 3. The Hall–Kier alpha value is -0.670. The minimum Gasteiger partial charge on any atom is -0.372 e. The van der Waals surface area contributed by atoms with Crippen molar-refractivity contribution in [2.75, 3.05) is 36.5 Å². The molecule has 0 bridgehead atoms. The van der Waals surface area contributed by atoms with E-state index in [2.05, 4.69) is 40.7 Å². The zero-order valence-corrected chi connectivity index (χ0v) is 12.8. The van der Waals surface area contributed by atoms with Gasteiger partial charge in [0.05, 0.1) is 0 Å². The molecule has 0 radical (unpaired) electrons. The zero-order chi connectivity index (χ0) is 13.3. The quantitative estimate of drug-likeness (QED) is 0.733. The van der Waals surface area contributed by atoms with E-state index >= 15 is 0 Å². The maximum Gasteiger partial charge on any atom is 0.0366 e. The van der Waals surface area contributed by atoms with Gasteiger partial charge >= 0.3 is 0 Å². The third kappa shape index (κ3) is 5.07. The lowest BCUT2D eigenvalue weighted by Gasteiger charge is -2.17. The molecule has 1 aliphatic heterocycles. The minimum atomic E-state index is 1.000. The van der Waals surface area contributed by atoms with Crippen LogP contribution in [-0.4, -0.2) is 31.6 Å². The lowest BCUT2D eigenvalue weighted by Crippen LogP contribution is -2.18. The standard InChI is InChI=1S/C16H26N2S/c1-19-13-5-2-10-17-14-15-6-8-16(9-7-15)18-11-3-4-12-18/h6-9,17H,2-5,10-14H2,1H3. The van der Waals surface area contributed by atoms with Crippen LogP contribution in [0.15, 0.2) is 24.3 Å². The highest BCUT2D eigenvalue weighted by molar-refractivity contribution is 7.98. The number of anilines is 1. The van der Waals surface area contributed by atoms with Gasteiger partial charge in [-0.1, -0.05) is 12.1 Å². The molecule has 1 saturated heterocycles. The van der Waals surface area contributed by atoms with Crippen LogP contribution >= 0.6 is 11.8 Å². The summed E-state index contributed by atoms with van der Waals surface area (Å²) < 4.78 is 0. The van der Waals surface area contributed by atoms with Gasteiger partial charge in [0.2, 0.25) is 0 Å². The SMILES string of the molecule is CSCCCCNCc1ccc(N2CCCC2)cc1. The van der Waals surface area contributed by atoms with Crippen molar-refractivity contribution in [3.63, 3.8) is 0 Å². The first-order valence-electron chi connectivity index (χ1n) is 7.44. The summed E-state index contributed by atoms with van der Waals surface area (Å²) in [4.78, 5) is 2.49. The molecule has 1 N–H and O–H groups in total. The monoisotopic (exact) mass is 278 g/mol. The summed E-state index contributed by atoms with van der Waals surface area (Å²) >= 11 is 1.94. The third-order valence-corrected chi connectivity index (χ3v) is 4.39. The second-order valence-electron chi connectivity index (χ2n) is 5.24. The van der Waals surface area contributed by atoms with Crippen molar-refractivity contribution in [1.29, 1.82) is 0 Å². The van der Waals surface area contributed by atoms with Crippen molar-refractivity contribution >= 4 is 17.4 Å². The number of unbranched alkanes of at least 4 members (excludes halogenated alkanes) is 1. The van der Waals surface area contributed by atoms with Gasteiger partial charge in [0, 0.05) is 25.3 Å². The van der Waals surface area contributed by atoms with E-state index < -0.39 is 0 Å². The molecule has 3 heteroatoms. The summed E-state index contributed by atoms with van der Waals surface area (Å²) in [5.74, 6) is 1.28. The number of benzene rings is 1. The number of hydrogen-bond donors (Lipinski definition) is 1. The molecular weight excluding hydrogens is 252 g/mol. The first-order chi connectivity index (χ1) is 9.40. The van der Waals surface area contributed by atoms with E-state index in [4.69, 9.17) is 0 Å². The Morgan fingerprint density at radius 2 is 1.84 bits per heavy atom. The molecule has 2 rings (SSSR count). The lowest BCUT2D eigenvalue weighted by molar-refractivity contribution is 0.644. The number of nitrogens with one attached hydrogen (secondary N) is 1. The van der Waals surface area contributed by atoms with E-state index in [1.807, 2.05) is 11.8 Å². The fourth-order valence-electron chi connectivity index (χ4n) is 2.53. The van der Waals surface area contributed by atoms with Gasteiger partial charge in [-0.3, -0.25) is 0 Å². The molecule has 0 unspecified atom stereocenters. The smallest absolute Gasteiger partial charge is 0.0366 e. The van der Waals surface area contributed by atoms with E-state index in [9.17, 15) is 0 Å². The van der Waals surface area contributed by atoms with Gasteiger partial charge in [0.25, 0.3) is 0 Å². The topological polar surface area (TPSA) is 15.3 Å². The van der Waals surface area contributed by atoms with E-state index in [1.165, 1.54) is 55.8 Å². The number of rotatable bonds is 8. The molecule has 1 aromatic carbocycles. The van der Waals surface area contributed by atoms with Gasteiger partial charge in [-0.05, 0) is 61.9 Å². The first kappa shape index (κ1) is 14.7. The van der Waals surface area contributed by atoms with Crippen LogP contribution < -0.4 is 10.2 Å². The van der Waals surface area contributed by atoms with Crippen LogP contribution in [0.4, 0.5) is 5.69 Å². The highest BCUT2D eigenvalue weighted by Gasteiger charge is 2.11. The molecule has 0 aromatic heterocycles. The van der Waals surface area contributed by atoms with E-state index in [-0.39, 0.29) is 0 Å². The molecule has 106 valence electrons. The van der Waals surface area contributed by atoms with E-state index in [0.29, 0.717) is 0 Å². The van der Waals surface area contributed by atoms with Crippen LogP contribution in [0.2, 0.25) is 0 Å². The van der Waals surface area contributed by atoms with Crippen molar-refractivity contribution in [1.82, 2.24) is 5.32 Å². The molecule has 1 aliphatic rings. The highest BCUT2D eigenvalue weighted by atomic mass is 32.2. The van der Waals surface area contributed by atoms with Crippen LogP contribution in [-0.2, 0) is 6.54 Å². The Balaban J connectivity index is 1.67. The Morgan fingerprint density at radius 1 is 1.11 bits per heavy atom. The molecule has 2 nitrogen and oxygen atoms in total. The average molecular weight is 278 g/mol. The normalized spacial score (nSPS) is 15.1. The molecule has 1 heterocycles. The summed E-state index contributed by atoms with van der Waals surface area (Å²) in [6.45, 7) is 4.59. The van der Waals surface area contributed by atoms with Crippen molar-refractivity contribution < 1.29 is 0 Å². The average Bonchev–Trinajstić information content (AvgIpc) is 2.97. The van der Waals surface area contributed by atoms with Crippen molar-refractivity contribution in [2.24, 2.45) is 0 Å². The van der Waals surface area contributed by atoms with Crippen molar-refractivity contribution in [2.45, 2.75) is 32.2 Å². The first-order valence-corrected chi connectivity index (χ1v) is 8.83. The van der Waals surface area contributed by atoms with Gasteiger partial charge in [-0.25, -0.2) is 0 Å². The van der Waals surface area contributed by atoms with Gasteiger partial charge in [-0.15, -0.1) is 0 Å². The van der Waals surface area contributed by atoms with Crippen LogP contribution in [0.1, 0.15) is 31.2 Å². The van der Waals surface area contributed by atoms with Crippen molar-refractivity contribution in [3.05, 3.63) is 29.8 Å². The summed E-state index contributed by atoms with van der Waals surface area (Å²) in [6, 6.07) is 9.08. The summed E-state index contributed by atoms with van der Waals surface area (Å²) in [5, 5.41) is 3.53. The van der Waals surface area contributed by atoms with Gasteiger partial charge < -0.3 is 10.2 Å². The minimum absolute atomic E-state index is 1.000. The second kappa shape index (κ2) is 8.49. The second-order valence-corrected chi connectivity index (χ2v) is 6.22. The number of nitrogens with zero attached hydrogens (tertiary/aromatic N) is 1. The van der Waals surface area contributed by atoms with Gasteiger partial charge in [-0.2, -0.15) is 11.8 Å². The van der Waals surface area contributed by atoms with Crippen LogP contribution in [0.5, 0.6) is 0 Å². The molecule has 0 aliphatic carbocycles. The summed E-state index contributed by atoms with van der Waals surface area (Å²) in [7, 11) is 0. The van der Waals surface area contributed by atoms with Gasteiger partial charge in [0.1, 0.15) is 0 Å². The Bertz CT molecular complexity index is 344. The van der Waals surface area contributed by atoms with E-state index in [0.717, 1.165) is 13.1 Å². The summed E-state index contributed by atoms with van der Waals surface area (Å²) in [5.41, 5.74) is 2.79. The fourth-order valence-corrected chi connectivity index (χ4v) is 3.02. The fraction of sp³-hybridized carbons (Fsp3) is 0.625. The largest absolute Gasteiger partial charge is 0.372 e. The van der Waals surface area contributed by atoms with Crippen LogP contribution in [0.25, 0.3) is 0 Å². The third-order valence-electron chi connectivity index (χ3n) is 3.69. The molecule has 0 spiro atoms. The number of thioether (sulfide) groups is 1. The molecule has 0 amide bonds. The van der Waals surface area contributed by atoms with Crippen molar-refractivity contribution in [3.8, 4) is 0 Å². The zero-order valence-electron chi connectivity index (χ0n) is 12.0. The maximum absolute atomic E-state index is 3.53. The lowest BCUT2D eigenvalue weighted by atomic mass is 10.2. The predicted octanol–water partition coefficient (Wildman–Crippen LogP) is 3.52. The molecule has 1 fully saturated rings. The molecule has 19 heavy (non-hydrogen) atoms. The summed E-state index contributed by atoms with van der Waals surface area (Å²) in [6.07, 6.45) is 7.48. The van der Waals surface area contributed by atoms with Crippen LogP contribution in [0.3, 0.4) is 0 Å². The van der Waals surface area contributed by atoms with E-state index in [1.54, 1.807) is 0 Å².